The van der Waals surface area contributed by atoms with Crippen LogP contribution < -0.4 is 0 Å². The molecule has 0 fully saturated rings. The van der Waals surface area contributed by atoms with Crippen molar-refractivity contribution in [1.82, 2.24) is 14.4 Å². The Morgan fingerprint density at radius 2 is 1.90 bits per heavy atom. The van der Waals surface area contributed by atoms with Crippen LogP contribution in [0.5, 0.6) is 0 Å². The van der Waals surface area contributed by atoms with Gasteiger partial charge in [-0.2, -0.15) is 0 Å². The van der Waals surface area contributed by atoms with Gasteiger partial charge in [0.2, 0.25) is 5.91 Å². The molecule has 2 amide bonds. The second kappa shape index (κ2) is 9.98. The molecule has 0 unspecified atom stereocenters. The maximum Gasteiger partial charge on any atom is 0.256 e. The first-order chi connectivity index (χ1) is 14.5. The summed E-state index contributed by atoms with van der Waals surface area (Å²) in [6.07, 6.45) is 5.09. The normalized spacial score (nSPS) is 10.6. The summed E-state index contributed by atoms with van der Waals surface area (Å²) >= 11 is 6.19. The van der Waals surface area contributed by atoms with Crippen LogP contribution in [-0.4, -0.2) is 39.3 Å². The van der Waals surface area contributed by atoms with E-state index < -0.39 is 0 Å². The SMILES string of the molecule is C=CCN(CC(=O)N(Cc1ccco1)Cc1cccn1C)C(=O)c1ccccc1Cl. The number of hydrogen-bond donors (Lipinski definition) is 0. The molecule has 7 heteroatoms. The fourth-order valence-electron chi connectivity index (χ4n) is 3.12. The van der Waals surface area contributed by atoms with E-state index in [0.29, 0.717) is 29.4 Å². The van der Waals surface area contributed by atoms with Crippen LogP contribution in [0.2, 0.25) is 5.02 Å². The molecule has 0 atom stereocenters. The second-order valence-electron chi connectivity index (χ2n) is 6.89. The molecule has 6 nitrogen and oxygen atoms in total. The van der Waals surface area contributed by atoms with Gasteiger partial charge in [-0.15, -0.1) is 6.58 Å². The molecule has 0 saturated carbocycles. The van der Waals surface area contributed by atoms with Crippen LogP contribution in [0.3, 0.4) is 0 Å². The highest BCUT2D eigenvalue weighted by molar-refractivity contribution is 6.33. The summed E-state index contributed by atoms with van der Waals surface area (Å²) in [5.74, 6) is 0.158. The third kappa shape index (κ3) is 5.21. The minimum absolute atomic E-state index is 0.0960. The van der Waals surface area contributed by atoms with Gasteiger partial charge in [0.05, 0.1) is 29.9 Å². The van der Waals surface area contributed by atoms with Crippen molar-refractivity contribution >= 4 is 23.4 Å². The molecule has 3 rings (SSSR count). The minimum atomic E-state index is -0.314. The number of nitrogens with zero attached hydrogens (tertiary/aromatic N) is 3. The van der Waals surface area contributed by atoms with Gasteiger partial charge in [-0.05, 0) is 36.4 Å². The van der Waals surface area contributed by atoms with E-state index in [1.54, 1.807) is 47.6 Å². The van der Waals surface area contributed by atoms with Crippen LogP contribution in [0.1, 0.15) is 21.8 Å². The standard InChI is InChI=1S/C23H24ClN3O3/c1-3-12-26(23(29)20-10-4-5-11-21(20)24)17-22(28)27(16-19-9-7-14-30-19)15-18-8-6-13-25(18)2/h3-11,13-14H,1,12,15-17H2,2H3. The molecule has 0 saturated heterocycles. The lowest BCUT2D eigenvalue weighted by Gasteiger charge is -2.27. The summed E-state index contributed by atoms with van der Waals surface area (Å²) in [6.45, 7) is 4.55. The number of aryl methyl sites for hydroxylation is 1. The van der Waals surface area contributed by atoms with Gasteiger partial charge in [-0.25, -0.2) is 0 Å². The molecule has 0 aliphatic heterocycles. The van der Waals surface area contributed by atoms with E-state index in [0.717, 1.165) is 5.69 Å². The van der Waals surface area contributed by atoms with Crippen LogP contribution >= 0.6 is 11.6 Å². The van der Waals surface area contributed by atoms with Crippen molar-refractivity contribution in [3.63, 3.8) is 0 Å². The maximum atomic E-state index is 13.2. The number of aromatic nitrogens is 1. The lowest BCUT2D eigenvalue weighted by Crippen LogP contribution is -2.42. The highest BCUT2D eigenvalue weighted by atomic mass is 35.5. The second-order valence-corrected chi connectivity index (χ2v) is 7.30. The predicted molar refractivity (Wildman–Crippen MR) is 116 cm³/mol. The molecule has 1 aromatic carbocycles. The van der Waals surface area contributed by atoms with Gasteiger partial charge in [0.1, 0.15) is 12.3 Å². The van der Waals surface area contributed by atoms with Crippen LogP contribution in [0.15, 0.2) is 78.1 Å². The zero-order chi connectivity index (χ0) is 21.5. The molecule has 0 aliphatic rings. The number of amides is 2. The van der Waals surface area contributed by atoms with Crippen LogP contribution in [-0.2, 0) is 24.9 Å². The van der Waals surface area contributed by atoms with Gasteiger partial charge in [0.15, 0.2) is 0 Å². The number of benzene rings is 1. The zero-order valence-corrected chi connectivity index (χ0v) is 17.6. The van der Waals surface area contributed by atoms with Crippen LogP contribution in [0.25, 0.3) is 0 Å². The Balaban J connectivity index is 1.80. The first-order valence-electron chi connectivity index (χ1n) is 9.54. The molecule has 0 bridgehead atoms. The van der Waals surface area contributed by atoms with E-state index in [1.807, 2.05) is 36.0 Å². The number of furan rings is 1. The van der Waals surface area contributed by atoms with Crippen molar-refractivity contribution < 1.29 is 14.0 Å². The van der Waals surface area contributed by atoms with Gasteiger partial charge in [0.25, 0.3) is 5.91 Å². The Morgan fingerprint density at radius 1 is 1.10 bits per heavy atom. The highest BCUT2D eigenvalue weighted by Crippen LogP contribution is 2.18. The number of carbonyl (C=O) groups excluding carboxylic acids is 2. The topological polar surface area (TPSA) is 58.7 Å². The average Bonchev–Trinajstić information content (AvgIpc) is 3.39. The Hall–Kier alpha value is -3.25. The molecule has 30 heavy (non-hydrogen) atoms. The maximum absolute atomic E-state index is 13.2. The smallest absolute Gasteiger partial charge is 0.256 e. The Bertz CT molecular complexity index is 1010. The van der Waals surface area contributed by atoms with Gasteiger partial charge in [-0.1, -0.05) is 29.8 Å². The van der Waals surface area contributed by atoms with Gasteiger partial charge >= 0.3 is 0 Å². The molecule has 156 valence electrons. The van der Waals surface area contributed by atoms with Crippen molar-refractivity contribution in [3.05, 3.63) is 95.7 Å². The van der Waals surface area contributed by atoms with Gasteiger partial charge in [-0.3, -0.25) is 9.59 Å². The van der Waals surface area contributed by atoms with Crippen LogP contribution in [0.4, 0.5) is 0 Å². The fraction of sp³-hybridized carbons (Fsp3) is 0.217. The third-order valence-electron chi connectivity index (χ3n) is 4.75. The molecule has 2 heterocycles. The Kier molecular flexibility index (Phi) is 7.14. The largest absolute Gasteiger partial charge is 0.467 e. The van der Waals surface area contributed by atoms with Crippen molar-refractivity contribution in [2.24, 2.45) is 7.05 Å². The van der Waals surface area contributed by atoms with Crippen molar-refractivity contribution in [2.45, 2.75) is 13.1 Å². The van der Waals surface area contributed by atoms with E-state index >= 15 is 0 Å². The zero-order valence-electron chi connectivity index (χ0n) is 16.8. The first kappa shape index (κ1) is 21.5. The molecular formula is C23H24ClN3O3. The van der Waals surface area contributed by atoms with E-state index in [4.69, 9.17) is 16.0 Å². The number of hydrogen-bond acceptors (Lipinski definition) is 3. The monoisotopic (exact) mass is 425 g/mol. The lowest BCUT2D eigenvalue weighted by molar-refractivity contribution is -0.133. The van der Waals surface area contributed by atoms with E-state index in [9.17, 15) is 9.59 Å². The summed E-state index contributed by atoms with van der Waals surface area (Å²) < 4.78 is 7.39. The summed E-state index contributed by atoms with van der Waals surface area (Å²) in [5.41, 5.74) is 1.33. The molecular weight excluding hydrogens is 402 g/mol. The molecule has 0 N–H and O–H groups in total. The quantitative estimate of drug-likeness (QED) is 0.484. The molecule has 0 spiro atoms. The summed E-state index contributed by atoms with van der Waals surface area (Å²) in [7, 11) is 1.93. The van der Waals surface area contributed by atoms with E-state index in [1.165, 1.54) is 4.90 Å². The van der Waals surface area contributed by atoms with E-state index in [2.05, 4.69) is 6.58 Å². The minimum Gasteiger partial charge on any atom is -0.467 e. The first-order valence-corrected chi connectivity index (χ1v) is 9.92. The third-order valence-corrected chi connectivity index (χ3v) is 5.08. The fourth-order valence-corrected chi connectivity index (χ4v) is 3.34. The number of halogens is 1. The molecule has 3 aromatic rings. The Labute approximate surface area is 180 Å². The Morgan fingerprint density at radius 3 is 2.53 bits per heavy atom. The summed E-state index contributed by atoms with van der Waals surface area (Å²) in [5, 5.41) is 0.347. The van der Waals surface area contributed by atoms with Crippen molar-refractivity contribution in [2.75, 3.05) is 13.1 Å². The average molecular weight is 426 g/mol. The van der Waals surface area contributed by atoms with Gasteiger partial charge < -0.3 is 18.8 Å². The highest BCUT2D eigenvalue weighted by Gasteiger charge is 2.24. The van der Waals surface area contributed by atoms with Crippen molar-refractivity contribution in [3.8, 4) is 0 Å². The molecule has 0 radical (unpaired) electrons. The summed E-state index contributed by atoms with van der Waals surface area (Å²) in [6, 6.07) is 14.3. The van der Waals surface area contributed by atoms with Crippen LogP contribution in [0, 0.1) is 0 Å². The number of rotatable bonds is 9. The summed E-state index contributed by atoms with van der Waals surface area (Å²) in [4.78, 5) is 29.3. The van der Waals surface area contributed by atoms with E-state index in [-0.39, 0.29) is 24.9 Å². The predicted octanol–water partition coefficient (Wildman–Crippen LogP) is 4.13. The van der Waals surface area contributed by atoms with Gasteiger partial charge in [0, 0.05) is 25.5 Å². The van der Waals surface area contributed by atoms with Crippen molar-refractivity contribution in [1.29, 1.82) is 0 Å². The molecule has 0 aliphatic carbocycles. The number of carbonyl (C=O) groups is 2. The lowest BCUT2D eigenvalue weighted by atomic mass is 10.2. The molecule has 2 aromatic heterocycles.